The maximum absolute atomic E-state index is 11.1. The highest BCUT2D eigenvalue weighted by atomic mass is 16.6. The molecule has 0 bridgehead atoms. The van der Waals surface area contributed by atoms with E-state index in [0.29, 0.717) is 12.6 Å². The molecule has 5 heteroatoms. The first-order chi connectivity index (χ1) is 9.70. The highest BCUT2D eigenvalue weighted by Crippen LogP contribution is 2.20. The van der Waals surface area contributed by atoms with Crippen LogP contribution in [0.4, 0.5) is 5.69 Å². The molecule has 0 amide bonds. The first-order valence-corrected chi connectivity index (χ1v) is 7.38. The molecule has 1 heterocycles. The molecule has 0 spiro atoms. The summed E-state index contributed by atoms with van der Waals surface area (Å²) >= 11 is 0. The minimum atomic E-state index is -0.290. The maximum atomic E-state index is 11.1. The minimum Gasteiger partial charge on any atom is -0.313 e. The number of rotatable bonds is 6. The van der Waals surface area contributed by atoms with E-state index in [1.54, 1.807) is 12.1 Å². The Hall–Kier alpha value is -1.46. The molecule has 0 radical (unpaired) electrons. The van der Waals surface area contributed by atoms with E-state index in [-0.39, 0.29) is 10.6 Å². The average molecular weight is 277 g/mol. The monoisotopic (exact) mass is 277 g/mol. The third-order valence-electron chi connectivity index (χ3n) is 3.92. The van der Waals surface area contributed by atoms with Gasteiger partial charge in [0, 0.05) is 30.8 Å². The largest absolute Gasteiger partial charge is 0.313 e. The lowest BCUT2D eigenvalue weighted by Gasteiger charge is -2.29. The summed E-state index contributed by atoms with van der Waals surface area (Å²) in [5.41, 5.74) is 1.03. The number of nitrogens with one attached hydrogen (secondary N) is 1. The zero-order valence-electron chi connectivity index (χ0n) is 12.0. The number of likely N-dealkylation sites (N-methyl/N-ethyl adjacent to an activating group) is 1. The van der Waals surface area contributed by atoms with Crippen molar-refractivity contribution in [3.05, 3.63) is 39.9 Å². The molecular weight excluding hydrogens is 254 g/mol. The Balaban J connectivity index is 2.00. The predicted octanol–water partition coefficient (Wildman–Crippen LogP) is 2.56. The van der Waals surface area contributed by atoms with Crippen LogP contribution in [0.3, 0.4) is 0 Å². The van der Waals surface area contributed by atoms with Crippen LogP contribution in [0.25, 0.3) is 0 Å². The van der Waals surface area contributed by atoms with Crippen molar-refractivity contribution in [2.45, 2.75) is 38.8 Å². The Morgan fingerprint density at radius 2 is 2.20 bits per heavy atom. The molecule has 110 valence electrons. The van der Waals surface area contributed by atoms with Gasteiger partial charge in [-0.1, -0.05) is 31.5 Å². The van der Waals surface area contributed by atoms with Gasteiger partial charge >= 0.3 is 0 Å². The van der Waals surface area contributed by atoms with Crippen LogP contribution >= 0.6 is 0 Å². The van der Waals surface area contributed by atoms with Crippen molar-refractivity contribution in [2.24, 2.45) is 0 Å². The van der Waals surface area contributed by atoms with Crippen molar-refractivity contribution in [1.29, 1.82) is 0 Å². The van der Waals surface area contributed by atoms with Gasteiger partial charge in [0.05, 0.1) is 4.92 Å². The maximum Gasteiger partial charge on any atom is 0.273 e. The van der Waals surface area contributed by atoms with E-state index in [9.17, 15) is 10.1 Å². The number of nitro groups is 1. The molecule has 0 saturated carbocycles. The van der Waals surface area contributed by atoms with Crippen LogP contribution in [-0.4, -0.2) is 35.5 Å². The molecule has 1 N–H and O–H groups in total. The van der Waals surface area contributed by atoms with Gasteiger partial charge in [-0.05, 0) is 25.9 Å². The quantitative estimate of drug-likeness (QED) is 0.641. The molecule has 1 aromatic carbocycles. The van der Waals surface area contributed by atoms with Gasteiger partial charge in [-0.25, -0.2) is 0 Å². The van der Waals surface area contributed by atoms with Gasteiger partial charge in [0.15, 0.2) is 0 Å². The van der Waals surface area contributed by atoms with Crippen molar-refractivity contribution >= 4 is 5.69 Å². The van der Waals surface area contributed by atoms with E-state index in [1.165, 1.54) is 19.3 Å². The second kappa shape index (κ2) is 7.36. The smallest absolute Gasteiger partial charge is 0.273 e. The molecule has 2 rings (SSSR count). The van der Waals surface area contributed by atoms with Gasteiger partial charge in [0.25, 0.3) is 5.69 Å². The van der Waals surface area contributed by atoms with Gasteiger partial charge < -0.3 is 5.32 Å². The van der Waals surface area contributed by atoms with E-state index in [4.69, 9.17) is 0 Å². The number of para-hydroxylation sites is 1. The lowest BCUT2D eigenvalue weighted by atomic mass is 10.0. The van der Waals surface area contributed by atoms with Crippen molar-refractivity contribution in [1.82, 2.24) is 10.2 Å². The van der Waals surface area contributed by atoms with Crippen LogP contribution in [0.5, 0.6) is 0 Å². The van der Waals surface area contributed by atoms with E-state index in [0.717, 1.165) is 25.2 Å². The van der Waals surface area contributed by atoms with Crippen LogP contribution in [-0.2, 0) is 6.54 Å². The van der Waals surface area contributed by atoms with E-state index in [2.05, 4.69) is 17.1 Å². The molecule has 1 aliphatic heterocycles. The molecular formula is C15H23N3O2. The number of benzene rings is 1. The standard InChI is InChI=1S/C15H23N3O2/c1-2-17(12-14-8-5-6-10-16-14)11-13-7-3-4-9-15(13)18(19)20/h3-4,7,9,14,16H,2,5-6,8,10-12H2,1H3. The molecule has 1 aliphatic rings. The summed E-state index contributed by atoms with van der Waals surface area (Å²) in [6.07, 6.45) is 3.74. The van der Waals surface area contributed by atoms with E-state index >= 15 is 0 Å². The van der Waals surface area contributed by atoms with Gasteiger partial charge in [-0.3, -0.25) is 15.0 Å². The van der Waals surface area contributed by atoms with E-state index < -0.39 is 0 Å². The van der Waals surface area contributed by atoms with Crippen molar-refractivity contribution < 1.29 is 4.92 Å². The fourth-order valence-corrected chi connectivity index (χ4v) is 2.76. The second-order valence-electron chi connectivity index (χ2n) is 5.36. The lowest BCUT2D eigenvalue weighted by Crippen LogP contribution is -2.43. The number of nitro benzene ring substituents is 1. The van der Waals surface area contributed by atoms with Crippen LogP contribution in [0.2, 0.25) is 0 Å². The van der Waals surface area contributed by atoms with Crippen LogP contribution in [0.1, 0.15) is 31.7 Å². The number of nitrogens with zero attached hydrogens (tertiary/aromatic N) is 2. The Bertz CT molecular complexity index is 444. The summed E-state index contributed by atoms with van der Waals surface area (Å²) in [7, 11) is 0. The summed E-state index contributed by atoms with van der Waals surface area (Å²) in [6, 6.07) is 7.55. The first-order valence-electron chi connectivity index (χ1n) is 7.38. The van der Waals surface area contributed by atoms with Gasteiger partial charge in [0.2, 0.25) is 0 Å². The topological polar surface area (TPSA) is 58.4 Å². The number of hydrogen-bond acceptors (Lipinski definition) is 4. The predicted molar refractivity (Wildman–Crippen MR) is 79.7 cm³/mol. The summed E-state index contributed by atoms with van der Waals surface area (Å²) < 4.78 is 0. The third kappa shape index (κ3) is 4.02. The highest BCUT2D eigenvalue weighted by Gasteiger charge is 2.19. The molecule has 20 heavy (non-hydrogen) atoms. The highest BCUT2D eigenvalue weighted by molar-refractivity contribution is 5.39. The van der Waals surface area contributed by atoms with E-state index in [1.807, 2.05) is 12.1 Å². The number of hydrogen-bond donors (Lipinski definition) is 1. The van der Waals surface area contributed by atoms with Crippen LogP contribution in [0, 0.1) is 10.1 Å². The fraction of sp³-hybridized carbons (Fsp3) is 0.600. The Kier molecular flexibility index (Phi) is 5.49. The number of piperidine rings is 1. The Morgan fingerprint density at radius 1 is 1.40 bits per heavy atom. The van der Waals surface area contributed by atoms with Gasteiger partial charge in [-0.2, -0.15) is 0 Å². The summed E-state index contributed by atoms with van der Waals surface area (Å²) in [5.74, 6) is 0. The molecule has 5 nitrogen and oxygen atoms in total. The van der Waals surface area contributed by atoms with Crippen molar-refractivity contribution in [3.8, 4) is 0 Å². The van der Waals surface area contributed by atoms with Crippen LogP contribution < -0.4 is 5.32 Å². The molecule has 1 aromatic rings. The van der Waals surface area contributed by atoms with Crippen molar-refractivity contribution in [3.63, 3.8) is 0 Å². The molecule has 1 atom stereocenters. The zero-order chi connectivity index (χ0) is 14.4. The minimum absolute atomic E-state index is 0.225. The van der Waals surface area contributed by atoms with Crippen LogP contribution in [0.15, 0.2) is 24.3 Å². The van der Waals surface area contributed by atoms with Crippen molar-refractivity contribution in [2.75, 3.05) is 19.6 Å². The zero-order valence-corrected chi connectivity index (χ0v) is 12.0. The summed E-state index contributed by atoms with van der Waals surface area (Å²) in [6.45, 7) is 5.71. The fourth-order valence-electron chi connectivity index (χ4n) is 2.76. The molecule has 0 aliphatic carbocycles. The second-order valence-corrected chi connectivity index (χ2v) is 5.36. The average Bonchev–Trinajstić information content (AvgIpc) is 2.48. The summed E-state index contributed by atoms with van der Waals surface area (Å²) in [5, 5.41) is 14.6. The molecule has 1 saturated heterocycles. The molecule has 0 aromatic heterocycles. The lowest BCUT2D eigenvalue weighted by molar-refractivity contribution is -0.385. The molecule has 1 fully saturated rings. The third-order valence-corrected chi connectivity index (χ3v) is 3.92. The summed E-state index contributed by atoms with van der Waals surface area (Å²) in [4.78, 5) is 13.0. The Morgan fingerprint density at radius 3 is 2.85 bits per heavy atom. The Labute approximate surface area is 120 Å². The SMILES string of the molecule is CCN(Cc1ccccc1[N+](=O)[O-])CC1CCCCN1. The normalized spacial score (nSPS) is 19.2. The molecule has 1 unspecified atom stereocenters. The van der Waals surface area contributed by atoms with Gasteiger partial charge in [-0.15, -0.1) is 0 Å². The van der Waals surface area contributed by atoms with Gasteiger partial charge in [0.1, 0.15) is 0 Å². The first kappa shape index (κ1) is 14.9.